The Morgan fingerprint density at radius 1 is 1.32 bits per heavy atom. The van der Waals surface area contributed by atoms with Crippen molar-refractivity contribution in [3.8, 4) is 0 Å². The summed E-state index contributed by atoms with van der Waals surface area (Å²) in [5.74, 6) is 1.72. The molecule has 1 fully saturated rings. The summed E-state index contributed by atoms with van der Waals surface area (Å²) in [5.41, 5.74) is 7.65. The van der Waals surface area contributed by atoms with Crippen LogP contribution in [0.2, 0.25) is 0 Å². The molecule has 2 N–H and O–H groups in total. The van der Waals surface area contributed by atoms with E-state index in [9.17, 15) is 0 Å². The Morgan fingerprint density at radius 2 is 1.95 bits per heavy atom. The van der Waals surface area contributed by atoms with Gasteiger partial charge in [0.05, 0.1) is 10.7 Å². The van der Waals surface area contributed by atoms with Crippen molar-refractivity contribution in [3.63, 3.8) is 0 Å². The number of thiazole rings is 1. The smallest absolute Gasteiger partial charge is 0.0936 e. The zero-order valence-corrected chi connectivity index (χ0v) is 13.6. The van der Waals surface area contributed by atoms with Gasteiger partial charge in [-0.2, -0.15) is 0 Å². The van der Waals surface area contributed by atoms with Crippen LogP contribution >= 0.6 is 11.3 Å². The molecule has 0 saturated heterocycles. The number of hydrogen-bond acceptors (Lipinski definition) is 3. The molecule has 0 atom stereocenters. The molecule has 1 aromatic rings. The van der Waals surface area contributed by atoms with Crippen LogP contribution in [-0.4, -0.2) is 11.5 Å². The highest BCUT2D eigenvalue weighted by atomic mass is 32.1. The summed E-state index contributed by atoms with van der Waals surface area (Å²) in [5, 5.41) is 1.29. The number of rotatable bonds is 4. The molecule has 0 radical (unpaired) electrons. The minimum Gasteiger partial charge on any atom is -0.330 e. The second kappa shape index (κ2) is 5.92. The highest BCUT2D eigenvalue weighted by molar-refractivity contribution is 7.11. The largest absolute Gasteiger partial charge is 0.330 e. The average Bonchev–Trinajstić information content (AvgIpc) is 2.68. The van der Waals surface area contributed by atoms with Crippen molar-refractivity contribution in [2.75, 3.05) is 6.54 Å². The van der Waals surface area contributed by atoms with Gasteiger partial charge < -0.3 is 5.73 Å². The maximum Gasteiger partial charge on any atom is 0.0936 e. The second-order valence-electron chi connectivity index (χ2n) is 6.71. The van der Waals surface area contributed by atoms with Crippen LogP contribution in [0.3, 0.4) is 0 Å². The number of aryl methyl sites for hydroxylation is 2. The van der Waals surface area contributed by atoms with Crippen LogP contribution in [-0.2, 0) is 6.42 Å². The molecular formula is C16H28N2S. The van der Waals surface area contributed by atoms with Crippen LogP contribution in [0.4, 0.5) is 0 Å². The maximum atomic E-state index is 6.13. The van der Waals surface area contributed by atoms with Gasteiger partial charge in [-0.05, 0) is 63.3 Å². The van der Waals surface area contributed by atoms with E-state index in [0.717, 1.165) is 24.8 Å². The molecule has 1 heterocycles. The topological polar surface area (TPSA) is 38.9 Å². The number of hydrogen-bond donors (Lipinski definition) is 1. The van der Waals surface area contributed by atoms with Gasteiger partial charge in [-0.15, -0.1) is 11.3 Å². The molecule has 0 bridgehead atoms. The Hall–Kier alpha value is -0.410. The first-order valence-electron chi connectivity index (χ1n) is 7.59. The molecule has 0 amide bonds. The molecule has 0 aliphatic heterocycles. The van der Waals surface area contributed by atoms with Crippen LogP contribution in [0.1, 0.15) is 55.1 Å². The minimum atomic E-state index is 0.322. The van der Waals surface area contributed by atoms with Crippen molar-refractivity contribution < 1.29 is 0 Å². The SMILES string of the molecule is Cc1nc(CC2(CN)CCC(C(C)C)CC2)sc1C. The lowest BCUT2D eigenvalue weighted by atomic mass is 9.66. The number of nitrogens with two attached hydrogens (primary N) is 1. The van der Waals surface area contributed by atoms with E-state index in [1.54, 1.807) is 0 Å². The van der Waals surface area contributed by atoms with Crippen LogP contribution < -0.4 is 5.73 Å². The van der Waals surface area contributed by atoms with Crippen molar-refractivity contribution in [1.29, 1.82) is 0 Å². The Bertz CT molecular complexity index is 395. The summed E-state index contributed by atoms with van der Waals surface area (Å²) >= 11 is 1.86. The number of aromatic nitrogens is 1. The third-order valence-corrected chi connectivity index (χ3v) is 6.14. The molecule has 1 aromatic heterocycles. The lowest BCUT2D eigenvalue weighted by Crippen LogP contribution is -2.37. The van der Waals surface area contributed by atoms with E-state index in [4.69, 9.17) is 10.7 Å². The zero-order chi connectivity index (χ0) is 14.0. The van der Waals surface area contributed by atoms with E-state index < -0.39 is 0 Å². The van der Waals surface area contributed by atoms with Crippen molar-refractivity contribution in [1.82, 2.24) is 4.98 Å². The minimum absolute atomic E-state index is 0.322. The first kappa shape index (κ1) is 15.0. The molecule has 3 heteroatoms. The van der Waals surface area contributed by atoms with Crippen LogP contribution in [0.5, 0.6) is 0 Å². The van der Waals surface area contributed by atoms with Crippen molar-refractivity contribution in [2.45, 2.75) is 59.8 Å². The highest BCUT2D eigenvalue weighted by Crippen LogP contribution is 2.43. The molecule has 19 heavy (non-hydrogen) atoms. The summed E-state index contributed by atoms with van der Waals surface area (Å²) in [6, 6.07) is 0. The third kappa shape index (κ3) is 3.38. The molecular weight excluding hydrogens is 252 g/mol. The molecule has 0 spiro atoms. The highest BCUT2D eigenvalue weighted by Gasteiger charge is 2.35. The van der Waals surface area contributed by atoms with E-state index in [1.165, 1.54) is 41.3 Å². The zero-order valence-electron chi connectivity index (χ0n) is 12.8. The standard InChI is InChI=1S/C16H28N2S/c1-11(2)14-5-7-16(10-17,8-6-14)9-15-18-12(3)13(4)19-15/h11,14H,5-10,17H2,1-4H3. The molecule has 1 saturated carbocycles. The van der Waals surface area contributed by atoms with Crippen LogP contribution in [0.15, 0.2) is 0 Å². The van der Waals surface area contributed by atoms with Gasteiger partial charge in [0, 0.05) is 11.3 Å². The summed E-state index contributed by atoms with van der Waals surface area (Å²) in [7, 11) is 0. The van der Waals surface area contributed by atoms with E-state index >= 15 is 0 Å². The van der Waals surface area contributed by atoms with E-state index in [-0.39, 0.29) is 0 Å². The summed E-state index contributed by atoms with van der Waals surface area (Å²) < 4.78 is 0. The average molecular weight is 280 g/mol. The van der Waals surface area contributed by atoms with Crippen molar-refractivity contribution in [3.05, 3.63) is 15.6 Å². The van der Waals surface area contributed by atoms with Crippen molar-refractivity contribution in [2.24, 2.45) is 23.0 Å². The molecule has 108 valence electrons. The fourth-order valence-corrected chi connectivity index (χ4v) is 4.42. The lowest BCUT2D eigenvalue weighted by molar-refractivity contribution is 0.132. The first-order chi connectivity index (χ1) is 8.96. The van der Waals surface area contributed by atoms with Gasteiger partial charge in [0.15, 0.2) is 0 Å². The van der Waals surface area contributed by atoms with Gasteiger partial charge in [0.25, 0.3) is 0 Å². The summed E-state index contributed by atoms with van der Waals surface area (Å²) in [6.45, 7) is 9.80. The van der Waals surface area contributed by atoms with E-state index in [2.05, 4.69) is 27.7 Å². The second-order valence-corrected chi connectivity index (χ2v) is 8.00. The summed E-state index contributed by atoms with van der Waals surface area (Å²) in [4.78, 5) is 6.07. The normalized spacial score (nSPS) is 28.0. The van der Waals surface area contributed by atoms with Crippen LogP contribution in [0, 0.1) is 31.1 Å². The quantitative estimate of drug-likeness (QED) is 0.902. The first-order valence-corrected chi connectivity index (χ1v) is 8.40. The van der Waals surface area contributed by atoms with E-state index in [1.807, 2.05) is 11.3 Å². The van der Waals surface area contributed by atoms with Crippen LogP contribution in [0.25, 0.3) is 0 Å². The maximum absolute atomic E-state index is 6.13. The molecule has 2 rings (SSSR count). The van der Waals surface area contributed by atoms with Gasteiger partial charge in [-0.1, -0.05) is 13.8 Å². The van der Waals surface area contributed by atoms with E-state index in [0.29, 0.717) is 5.41 Å². The van der Waals surface area contributed by atoms with Gasteiger partial charge in [0.1, 0.15) is 0 Å². The molecule has 0 aromatic carbocycles. The molecule has 1 aliphatic carbocycles. The third-order valence-electron chi connectivity index (χ3n) is 5.07. The van der Waals surface area contributed by atoms with Crippen molar-refractivity contribution >= 4 is 11.3 Å². The Kier molecular flexibility index (Phi) is 4.67. The predicted molar refractivity (Wildman–Crippen MR) is 83.6 cm³/mol. The Balaban J connectivity index is 2.04. The molecule has 2 nitrogen and oxygen atoms in total. The van der Waals surface area contributed by atoms with Gasteiger partial charge in [-0.25, -0.2) is 4.98 Å². The Labute approximate surface area is 121 Å². The molecule has 1 aliphatic rings. The molecule has 0 unspecified atom stereocenters. The summed E-state index contributed by atoms with van der Waals surface area (Å²) in [6.07, 6.45) is 6.35. The number of nitrogens with zero attached hydrogens (tertiary/aromatic N) is 1. The van der Waals surface area contributed by atoms with Gasteiger partial charge in [-0.3, -0.25) is 0 Å². The van der Waals surface area contributed by atoms with Gasteiger partial charge in [0.2, 0.25) is 0 Å². The fourth-order valence-electron chi connectivity index (χ4n) is 3.31. The monoisotopic (exact) mass is 280 g/mol. The lowest BCUT2D eigenvalue weighted by Gasteiger charge is -2.40. The predicted octanol–water partition coefficient (Wildman–Crippen LogP) is 4.09. The fraction of sp³-hybridized carbons (Fsp3) is 0.812. The Morgan fingerprint density at radius 3 is 2.37 bits per heavy atom. The van der Waals surface area contributed by atoms with Gasteiger partial charge >= 0.3 is 0 Å².